The Morgan fingerprint density at radius 2 is 2.00 bits per heavy atom. The minimum atomic E-state index is -0.239. The van der Waals surface area contributed by atoms with Crippen molar-refractivity contribution in [1.29, 1.82) is 0 Å². The number of rotatable bonds is 4. The molecule has 0 aliphatic carbocycles. The van der Waals surface area contributed by atoms with E-state index in [-0.39, 0.29) is 5.91 Å². The van der Waals surface area contributed by atoms with E-state index >= 15 is 0 Å². The summed E-state index contributed by atoms with van der Waals surface area (Å²) in [6, 6.07) is 10.3. The lowest BCUT2D eigenvalue weighted by Gasteiger charge is -2.12. The van der Waals surface area contributed by atoms with E-state index in [2.05, 4.69) is 10.7 Å². The van der Waals surface area contributed by atoms with Crippen LogP contribution in [0.15, 0.2) is 36.4 Å². The molecular formula is C15H16ClN3O2. The second-order valence-electron chi connectivity index (χ2n) is 4.47. The number of ether oxygens (including phenoxy) is 1. The Bertz CT molecular complexity index is 674. The van der Waals surface area contributed by atoms with Crippen LogP contribution in [-0.4, -0.2) is 13.0 Å². The number of hydrogen-bond donors (Lipinski definition) is 3. The lowest BCUT2D eigenvalue weighted by atomic mass is 10.1. The number of hydrogen-bond acceptors (Lipinski definition) is 4. The van der Waals surface area contributed by atoms with E-state index in [0.29, 0.717) is 22.0 Å². The summed E-state index contributed by atoms with van der Waals surface area (Å²) in [6.45, 7) is 1.84. The molecule has 21 heavy (non-hydrogen) atoms. The fourth-order valence-corrected chi connectivity index (χ4v) is 2.15. The van der Waals surface area contributed by atoms with Gasteiger partial charge in [0.25, 0.3) is 5.91 Å². The molecule has 0 saturated heterocycles. The predicted octanol–water partition coefficient (Wildman–Crippen LogP) is 3.19. The number of amides is 1. The number of methoxy groups -OCH3 is 1. The van der Waals surface area contributed by atoms with Gasteiger partial charge in [-0.2, -0.15) is 0 Å². The third-order valence-corrected chi connectivity index (χ3v) is 3.28. The summed E-state index contributed by atoms with van der Waals surface area (Å²) < 4.78 is 5.20. The van der Waals surface area contributed by atoms with Gasteiger partial charge in [0.15, 0.2) is 0 Å². The van der Waals surface area contributed by atoms with Crippen LogP contribution in [-0.2, 0) is 0 Å². The van der Waals surface area contributed by atoms with E-state index in [1.807, 2.05) is 6.92 Å². The maximum absolute atomic E-state index is 12.4. The van der Waals surface area contributed by atoms with Crippen LogP contribution in [0.25, 0.3) is 0 Å². The third-order valence-electron chi connectivity index (χ3n) is 3.05. The molecule has 0 radical (unpaired) electrons. The number of carbonyl (C=O) groups is 1. The molecule has 4 N–H and O–H groups in total. The molecule has 0 spiro atoms. The normalized spacial score (nSPS) is 10.1. The van der Waals surface area contributed by atoms with Gasteiger partial charge >= 0.3 is 0 Å². The van der Waals surface area contributed by atoms with Gasteiger partial charge in [-0.1, -0.05) is 11.6 Å². The molecule has 0 aliphatic rings. The minimum Gasteiger partial charge on any atom is -0.495 e. The van der Waals surface area contributed by atoms with Crippen molar-refractivity contribution in [2.24, 2.45) is 5.84 Å². The monoisotopic (exact) mass is 305 g/mol. The number of anilines is 2. The van der Waals surface area contributed by atoms with Crippen molar-refractivity contribution < 1.29 is 9.53 Å². The van der Waals surface area contributed by atoms with E-state index in [1.54, 1.807) is 36.4 Å². The highest BCUT2D eigenvalue weighted by Crippen LogP contribution is 2.28. The van der Waals surface area contributed by atoms with Crippen molar-refractivity contribution in [2.75, 3.05) is 17.9 Å². The SMILES string of the molecule is COc1ccc(Cl)cc1NC(=O)c1ccc(NN)cc1C. The molecule has 0 aromatic heterocycles. The zero-order valence-corrected chi connectivity index (χ0v) is 12.5. The Morgan fingerprint density at radius 3 is 2.62 bits per heavy atom. The first-order valence-corrected chi connectivity index (χ1v) is 6.65. The highest BCUT2D eigenvalue weighted by molar-refractivity contribution is 6.31. The van der Waals surface area contributed by atoms with E-state index in [4.69, 9.17) is 22.2 Å². The number of benzene rings is 2. The van der Waals surface area contributed by atoms with Crippen LogP contribution in [0.2, 0.25) is 5.02 Å². The van der Waals surface area contributed by atoms with Gasteiger partial charge in [0, 0.05) is 16.3 Å². The zero-order valence-electron chi connectivity index (χ0n) is 11.7. The first-order valence-electron chi connectivity index (χ1n) is 6.27. The molecule has 2 rings (SSSR count). The summed E-state index contributed by atoms with van der Waals surface area (Å²) in [4.78, 5) is 12.4. The molecule has 0 bridgehead atoms. The molecule has 5 nitrogen and oxygen atoms in total. The molecule has 110 valence electrons. The van der Waals surface area contributed by atoms with Crippen LogP contribution in [0.1, 0.15) is 15.9 Å². The van der Waals surface area contributed by atoms with Crippen LogP contribution < -0.4 is 21.3 Å². The highest BCUT2D eigenvalue weighted by atomic mass is 35.5. The van der Waals surface area contributed by atoms with Crippen molar-refractivity contribution in [1.82, 2.24) is 0 Å². The molecule has 2 aromatic carbocycles. The van der Waals surface area contributed by atoms with Crippen LogP contribution in [0.4, 0.5) is 11.4 Å². The molecule has 6 heteroatoms. The molecular weight excluding hydrogens is 290 g/mol. The van der Waals surface area contributed by atoms with Crippen molar-refractivity contribution in [3.63, 3.8) is 0 Å². The zero-order chi connectivity index (χ0) is 15.4. The predicted molar refractivity (Wildman–Crippen MR) is 84.9 cm³/mol. The molecule has 0 fully saturated rings. The molecule has 1 amide bonds. The number of hydrazine groups is 1. The fraction of sp³-hybridized carbons (Fsp3) is 0.133. The molecule has 0 atom stereocenters. The van der Waals surface area contributed by atoms with Gasteiger partial charge in [-0.3, -0.25) is 10.6 Å². The van der Waals surface area contributed by atoms with Crippen molar-refractivity contribution >= 4 is 28.9 Å². The fourth-order valence-electron chi connectivity index (χ4n) is 1.98. The van der Waals surface area contributed by atoms with Gasteiger partial charge in [0.1, 0.15) is 5.75 Å². The smallest absolute Gasteiger partial charge is 0.256 e. The Morgan fingerprint density at radius 1 is 1.24 bits per heavy atom. The van der Waals surface area contributed by atoms with E-state index in [1.165, 1.54) is 7.11 Å². The number of halogens is 1. The van der Waals surface area contributed by atoms with Gasteiger partial charge in [-0.25, -0.2) is 0 Å². The van der Waals surface area contributed by atoms with Crippen molar-refractivity contribution in [2.45, 2.75) is 6.92 Å². The molecule has 2 aromatic rings. The standard InChI is InChI=1S/C15H16ClN3O2/c1-9-7-11(19-17)4-5-12(9)15(20)18-13-8-10(16)3-6-14(13)21-2/h3-8,19H,17H2,1-2H3,(H,18,20). The second kappa shape index (κ2) is 6.47. The van der Waals surface area contributed by atoms with Gasteiger partial charge in [0.2, 0.25) is 0 Å². The van der Waals surface area contributed by atoms with Crippen molar-refractivity contribution in [3.05, 3.63) is 52.5 Å². The largest absolute Gasteiger partial charge is 0.495 e. The van der Waals surface area contributed by atoms with Crippen LogP contribution in [0, 0.1) is 6.92 Å². The lowest BCUT2D eigenvalue weighted by Crippen LogP contribution is -2.15. The highest BCUT2D eigenvalue weighted by Gasteiger charge is 2.12. The average molecular weight is 306 g/mol. The number of nitrogens with one attached hydrogen (secondary N) is 2. The van der Waals surface area contributed by atoms with E-state index < -0.39 is 0 Å². The molecule has 0 unspecified atom stereocenters. The summed E-state index contributed by atoms with van der Waals surface area (Å²) in [7, 11) is 1.53. The first-order chi connectivity index (χ1) is 10.0. The van der Waals surface area contributed by atoms with Gasteiger partial charge in [-0.15, -0.1) is 0 Å². The number of aryl methyl sites for hydroxylation is 1. The maximum Gasteiger partial charge on any atom is 0.256 e. The van der Waals surface area contributed by atoms with Crippen LogP contribution in [0.3, 0.4) is 0 Å². The van der Waals surface area contributed by atoms with Gasteiger partial charge in [0.05, 0.1) is 12.8 Å². The average Bonchev–Trinajstić information content (AvgIpc) is 2.47. The molecule has 0 aliphatic heterocycles. The molecule has 0 saturated carbocycles. The van der Waals surface area contributed by atoms with Crippen molar-refractivity contribution in [3.8, 4) is 5.75 Å². The van der Waals surface area contributed by atoms with Gasteiger partial charge in [-0.05, 0) is 48.9 Å². The summed E-state index contributed by atoms with van der Waals surface area (Å²) in [6.07, 6.45) is 0. The van der Waals surface area contributed by atoms with E-state index in [0.717, 1.165) is 11.3 Å². The van der Waals surface area contributed by atoms with Crippen LogP contribution in [0.5, 0.6) is 5.75 Å². The quantitative estimate of drug-likeness (QED) is 0.599. The van der Waals surface area contributed by atoms with E-state index in [9.17, 15) is 4.79 Å². The topological polar surface area (TPSA) is 76.4 Å². The lowest BCUT2D eigenvalue weighted by molar-refractivity contribution is 0.102. The number of carbonyl (C=O) groups excluding carboxylic acids is 1. The second-order valence-corrected chi connectivity index (χ2v) is 4.91. The first kappa shape index (κ1) is 15.2. The summed E-state index contributed by atoms with van der Waals surface area (Å²) in [5, 5.41) is 3.32. The molecule has 0 heterocycles. The van der Waals surface area contributed by atoms with Gasteiger partial charge < -0.3 is 15.5 Å². The summed E-state index contributed by atoms with van der Waals surface area (Å²) in [5.74, 6) is 5.65. The Kier molecular flexibility index (Phi) is 4.67. The number of nitrogens with two attached hydrogens (primary N) is 1. The third kappa shape index (κ3) is 3.45. The summed E-state index contributed by atoms with van der Waals surface area (Å²) in [5.41, 5.74) is 5.16. The number of nitrogen functional groups attached to an aromatic ring is 1. The maximum atomic E-state index is 12.4. The summed E-state index contributed by atoms with van der Waals surface area (Å²) >= 11 is 5.95. The Balaban J connectivity index is 2.28. The Hall–Kier alpha value is -2.24. The van der Waals surface area contributed by atoms with Crippen LogP contribution >= 0.6 is 11.6 Å². The Labute approximate surface area is 128 Å². The minimum absolute atomic E-state index is 0.239.